The number of hydrogen-bond acceptors (Lipinski definition) is 3. The maximum Gasteiger partial charge on any atom is 0.0242 e. The molecule has 0 aromatic carbocycles. The third-order valence-electron chi connectivity index (χ3n) is 3.42. The Labute approximate surface area is 88.9 Å². The van der Waals surface area contributed by atoms with Crippen LogP contribution in [0.3, 0.4) is 0 Å². The number of nitrogens with one attached hydrogen (secondary N) is 1. The first-order chi connectivity index (χ1) is 6.92. The van der Waals surface area contributed by atoms with E-state index in [0.29, 0.717) is 0 Å². The lowest BCUT2D eigenvalue weighted by molar-refractivity contribution is 0.307. The van der Waals surface area contributed by atoms with Crippen molar-refractivity contribution in [3.05, 3.63) is 22.4 Å². The largest absolute Gasteiger partial charge is 0.312 e. The van der Waals surface area contributed by atoms with Crippen molar-refractivity contribution in [3.8, 4) is 0 Å². The van der Waals surface area contributed by atoms with E-state index < -0.39 is 0 Å². The standard InChI is InChI=1S/C11H16N2S/c1-3-12-11-7-13(6-10(1)11)5-9-2-4-14-8-9/h2,4,8,10-12H,1,3,5-7H2/t10-,11+/m0/s1. The van der Waals surface area contributed by atoms with Gasteiger partial charge >= 0.3 is 0 Å². The summed E-state index contributed by atoms with van der Waals surface area (Å²) in [6.45, 7) is 4.94. The third kappa shape index (κ3) is 1.60. The normalized spacial score (nSPS) is 32.3. The van der Waals surface area contributed by atoms with Crippen LogP contribution in [0.5, 0.6) is 0 Å². The molecule has 0 bridgehead atoms. The second kappa shape index (κ2) is 3.65. The second-order valence-electron chi connectivity index (χ2n) is 4.44. The Morgan fingerprint density at radius 2 is 2.50 bits per heavy atom. The fourth-order valence-electron chi connectivity index (χ4n) is 2.71. The maximum absolute atomic E-state index is 3.59. The zero-order chi connectivity index (χ0) is 9.38. The molecular weight excluding hydrogens is 192 g/mol. The highest BCUT2D eigenvalue weighted by Gasteiger charge is 2.35. The van der Waals surface area contributed by atoms with Crippen molar-refractivity contribution in [1.82, 2.24) is 10.2 Å². The molecule has 76 valence electrons. The molecule has 1 aromatic heterocycles. The number of rotatable bonds is 2. The van der Waals surface area contributed by atoms with Gasteiger partial charge in [0.2, 0.25) is 0 Å². The average molecular weight is 208 g/mol. The van der Waals surface area contributed by atoms with Crippen LogP contribution in [0.25, 0.3) is 0 Å². The van der Waals surface area contributed by atoms with E-state index >= 15 is 0 Å². The highest BCUT2D eigenvalue weighted by atomic mass is 32.1. The van der Waals surface area contributed by atoms with Crippen molar-refractivity contribution in [2.75, 3.05) is 19.6 Å². The molecule has 0 spiro atoms. The molecule has 0 saturated carbocycles. The highest BCUT2D eigenvalue weighted by molar-refractivity contribution is 7.07. The van der Waals surface area contributed by atoms with Crippen LogP contribution in [-0.2, 0) is 6.54 Å². The number of fused-ring (bicyclic) bond motifs is 1. The lowest BCUT2D eigenvalue weighted by atomic mass is 10.1. The lowest BCUT2D eigenvalue weighted by Gasteiger charge is -2.15. The molecule has 1 aromatic rings. The van der Waals surface area contributed by atoms with E-state index in [0.717, 1.165) is 18.5 Å². The Bertz CT molecular complexity index is 284. The van der Waals surface area contributed by atoms with E-state index in [1.165, 1.54) is 31.6 Å². The summed E-state index contributed by atoms with van der Waals surface area (Å²) >= 11 is 1.80. The Balaban J connectivity index is 1.61. The quantitative estimate of drug-likeness (QED) is 0.793. The van der Waals surface area contributed by atoms with Gasteiger partial charge in [-0.2, -0.15) is 11.3 Å². The number of nitrogens with zero attached hydrogens (tertiary/aromatic N) is 1. The van der Waals surface area contributed by atoms with Gasteiger partial charge in [0, 0.05) is 25.7 Å². The SMILES string of the molecule is c1cc(CN2C[C@@H]3CCN[C@@H]3C2)cs1. The minimum absolute atomic E-state index is 0.786. The second-order valence-corrected chi connectivity index (χ2v) is 5.22. The van der Waals surface area contributed by atoms with E-state index in [-0.39, 0.29) is 0 Å². The molecule has 2 atom stereocenters. The molecule has 2 aliphatic rings. The van der Waals surface area contributed by atoms with Crippen molar-refractivity contribution in [2.24, 2.45) is 5.92 Å². The van der Waals surface area contributed by atoms with Gasteiger partial charge in [0.15, 0.2) is 0 Å². The molecule has 2 saturated heterocycles. The summed E-state index contributed by atoms with van der Waals surface area (Å²) in [4.78, 5) is 2.59. The Kier molecular flexibility index (Phi) is 2.32. The van der Waals surface area contributed by atoms with Gasteiger partial charge in [0.25, 0.3) is 0 Å². The fourth-order valence-corrected chi connectivity index (χ4v) is 3.37. The average Bonchev–Trinajstić information content (AvgIpc) is 2.78. The predicted molar refractivity (Wildman–Crippen MR) is 59.5 cm³/mol. The number of likely N-dealkylation sites (tertiary alicyclic amines) is 1. The first kappa shape index (κ1) is 8.89. The first-order valence-electron chi connectivity index (χ1n) is 5.38. The van der Waals surface area contributed by atoms with Gasteiger partial charge in [-0.05, 0) is 41.3 Å². The Morgan fingerprint density at radius 3 is 3.29 bits per heavy atom. The van der Waals surface area contributed by atoms with Gasteiger partial charge in [-0.1, -0.05) is 0 Å². The molecule has 2 fully saturated rings. The highest BCUT2D eigenvalue weighted by Crippen LogP contribution is 2.25. The van der Waals surface area contributed by atoms with Gasteiger partial charge < -0.3 is 5.32 Å². The molecule has 0 aliphatic carbocycles. The molecule has 2 nitrogen and oxygen atoms in total. The van der Waals surface area contributed by atoms with Crippen LogP contribution in [0.4, 0.5) is 0 Å². The summed E-state index contributed by atoms with van der Waals surface area (Å²) < 4.78 is 0. The summed E-state index contributed by atoms with van der Waals surface area (Å²) in [7, 11) is 0. The first-order valence-corrected chi connectivity index (χ1v) is 6.33. The van der Waals surface area contributed by atoms with Crippen LogP contribution in [0, 0.1) is 5.92 Å². The molecule has 0 amide bonds. The summed E-state index contributed by atoms with van der Waals surface area (Å²) in [6, 6.07) is 3.03. The fraction of sp³-hybridized carbons (Fsp3) is 0.636. The predicted octanol–water partition coefficient (Wildman–Crippen LogP) is 1.54. The molecule has 0 unspecified atom stereocenters. The van der Waals surface area contributed by atoms with Crippen LogP contribution < -0.4 is 5.32 Å². The van der Waals surface area contributed by atoms with Crippen molar-refractivity contribution >= 4 is 11.3 Å². The zero-order valence-corrected chi connectivity index (χ0v) is 9.09. The van der Waals surface area contributed by atoms with Crippen LogP contribution in [0.2, 0.25) is 0 Å². The molecule has 3 rings (SSSR count). The van der Waals surface area contributed by atoms with Crippen molar-refractivity contribution in [3.63, 3.8) is 0 Å². The molecular formula is C11H16N2S. The summed E-state index contributed by atoms with van der Waals surface area (Å²) in [5, 5.41) is 8.03. The molecule has 14 heavy (non-hydrogen) atoms. The zero-order valence-electron chi connectivity index (χ0n) is 8.28. The smallest absolute Gasteiger partial charge is 0.0242 e. The topological polar surface area (TPSA) is 15.3 Å². The summed E-state index contributed by atoms with van der Waals surface area (Å²) in [5.41, 5.74) is 1.48. The molecule has 3 heteroatoms. The third-order valence-corrected chi connectivity index (χ3v) is 4.16. The van der Waals surface area contributed by atoms with Gasteiger partial charge in [-0.15, -0.1) is 0 Å². The maximum atomic E-state index is 3.59. The van der Waals surface area contributed by atoms with Crippen molar-refractivity contribution in [2.45, 2.75) is 19.0 Å². The molecule has 2 aliphatic heterocycles. The number of hydrogen-bond donors (Lipinski definition) is 1. The summed E-state index contributed by atoms with van der Waals surface area (Å²) in [5.74, 6) is 0.925. The molecule has 3 heterocycles. The van der Waals surface area contributed by atoms with Gasteiger partial charge in [-0.25, -0.2) is 0 Å². The van der Waals surface area contributed by atoms with E-state index in [9.17, 15) is 0 Å². The van der Waals surface area contributed by atoms with Crippen LogP contribution in [-0.4, -0.2) is 30.6 Å². The van der Waals surface area contributed by atoms with Gasteiger partial charge in [-0.3, -0.25) is 4.90 Å². The molecule has 0 radical (unpaired) electrons. The Morgan fingerprint density at radius 1 is 1.50 bits per heavy atom. The van der Waals surface area contributed by atoms with Gasteiger partial charge in [0.05, 0.1) is 0 Å². The van der Waals surface area contributed by atoms with Crippen molar-refractivity contribution in [1.29, 1.82) is 0 Å². The minimum atomic E-state index is 0.786. The monoisotopic (exact) mass is 208 g/mol. The van der Waals surface area contributed by atoms with E-state index in [1.54, 1.807) is 11.3 Å². The molecule has 1 N–H and O–H groups in total. The van der Waals surface area contributed by atoms with E-state index in [4.69, 9.17) is 0 Å². The minimum Gasteiger partial charge on any atom is -0.312 e. The summed E-state index contributed by atoms with van der Waals surface area (Å²) in [6.07, 6.45) is 1.38. The van der Waals surface area contributed by atoms with Crippen LogP contribution in [0.1, 0.15) is 12.0 Å². The van der Waals surface area contributed by atoms with Crippen LogP contribution >= 0.6 is 11.3 Å². The Hall–Kier alpha value is -0.380. The van der Waals surface area contributed by atoms with E-state index in [1.807, 2.05) is 0 Å². The number of thiophene rings is 1. The van der Waals surface area contributed by atoms with E-state index in [2.05, 4.69) is 27.0 Å². The van der Waals surface area contributed by atoms with Crippen LogP contribution in [0.15, 0.2) is 16.8 Å². The van der Waals surface area contributed by atoms with Crippen molar-refractivity contribution < 1.29 is 0 Å². The lowest BCUT2D eigenvalue weighted by Crippen LogP contribution is -2.29. The van der Waals surface area contributed by atoms with Gasteiger partial charge in [0.1, 0.15) is 0 Å².